The van der Waals surface area contributed by atoms with E-state index in [2.05, 4.69) is 40.5 Å². The van der Waals surface area contributed by atoms with Gasteiger partial charge in [-0.3, -0.25) is 0 Å². The molecule has 1 aromatic rings. The summed E-state index contributed by atoms with van der Waals surface area (Å²) >= 11 is 0. The molecule has 144 valence electrons. The Labute approximate surface area is 163 Å². The molecule has 1 aliphatic carbocycles. The summed E-state index contributed by atoms with van der Waals surface area (Å²) in [6, 6.07) is 10.8. The van der Waals surface area contributed by atoms with E-state index in [0.717, 1.165) is 25.3 Å². The van der Waals surface area contributed by atoms with Gasteiger partial charge in [0.25, 0.3) is 0 Å². The first-order valence-corrected chi connectivity index (χ1v) is 10.00. The molecule has 2 bridgehead atoms. The molecule has 0 radical (unpaired) electrons. The van der Waals surface area contributed by atoms with Crippen LogP contribution in [0.25, 0.3) is 0 Å². The Morgan fingerprint density at radius 3 is 2.50 bits per heavy atom. The Morgan fingerprint density at radius 1 is 1.08 bits per heavy atom. The maximum atomic E-state index is 12.4. The van der Waals surface area contributed by atoms with E-state index in [9.17, 15) is 4.79 Å². The molecule has 3 atom stereocenters. The van der Waals surface area contributed by atoms with Crippen LogP contribution in [0, 0.1) is 11.8 Å². The molecule has 3 heterocycles. The number of nitrogens with one attached hydrogen (secondary N) is 1. The molecule has 4 aliphatic rings. The molecular formula is C21H31ClN2O2. The Morgan fingerprint density at radius 2 is 1.81 bits per heavy atom. The number of benzene rings is 1. The van der Waals surface area contributed by atoms with Crippen molar-refractivity contribution in [3.05, 3.63) is 35.9 Å². The van der Waals surface area contributed by atoms with Gasteiger partial charge in [0, 0.05) is 24.4 Å². The zero-order valence-electron chi connectivity index (χ0n) is 15.4. The quantitative estimate of drug-likeness (QED) is 0.853. The number of fused-ring (bicyclic) bond motifs is 3. The molecule has 5 heteroatoms. The van der Waals surface area contributed by atoms with Crippen LogP contribution in [0.1, 0.15) is 50.0 Å². The second-order valence-corrected chi connectivity index (χ2v) is 8.05. The molecule has 0 aromatic heterocycles. The average Bonchev–Trinajstić information content (AvgIpc) is 2.68. The number of rotatable bonds is 4. The van der Waals surface area contributed by atoms with E-state index in [1.165, 1.54) is 44.3 Å². The van der Waals surface area contributed by atoms with Gasteiger partial charge in [-0.1, -0.05) is 43.2 Å². The highest BCUT2D eigenvalue weighted by Crippen LogP contribution is 2.34. The van der Waals surface area contributed by atoms with Gasteiger partial charge < -0.3 is 15.0 Å². The van der Waals surface area contributed by atoms with Gasteiger partial charge in [0.2, 0.25) is 0 Å². The third-order valence-corrected chi connectivity index (χ3v) is 6.52. The normalized spacial score (nSPS) is 33.2. The van der Waals surface area contributed by atoms with Gasteiger partial charge in [-0.25, -0.2) is 4.79 Å². The fraction of sp³-hybridized carbons (Fsp3) is 0.667. The largest absolute Gasteiger partial charge is 0.449 e. The van der Waals surface area contributed by atoms with Crippen LogP contribution in [0.5, 0.6) is 0 Å². The molecule has 5 rings (SSSR count). The van der Waals surface area contributed by atoms with E-state index < -0.39 is 0 Å². The number of hydrogen-bond acceptors (Lipinski definition) is 3. The van der Waals surface area contributed by atoms with Gasteiger partial charge in [0.15, 0.2) is 0 Å². The third-order valence-electron chi connectivity index (χ3n) is 6.52. The lowest BCUT2D eigenvalue weighted by Gasteiger charge is -2.44. The minimum absolute atomic E-state index is 0. The third kappa shape index (κ3) is 4.52. The Kier molecular flexibility index (Phi) is 6.82. The summed E-state index contributed by atoms with van der Waals surface area (Å²) in [5.41, 5.74) is 1.34. The van der Waals surface area contributed by atoms with Crippen LogP contribution in [0.2, 0.25) is 0 Å². The molecule has 1 aromatic carbocycles. The van der Waals surface area contributed by atoms with Crippen molar-refractivity contribution in [2.75, 3.05) is 26.2 Å². The topological polar surface area (TPSA) is 41.6 Å². The highest BCUT2D eigenvalue weighted by atomic mass is 35.5. The molecule has 26 heavy (non-hydrogen) atoms. The minimum Gasteiger partial charge on any atom is -0.449 e. The van der Waals surface area contributed by atoms with Gasteiger partial charge in [-0.15, -0.1) is 12.4 Å². The number of ether oxygens (including phenoxy) is 1. The predicted molar refractivity (Wildman–Crippen MR) is 106 cm³/mol. The van der Waals surface area contributed by atoms with Crippen LogP contribution < -0.4 is 5.32 Å². The first-order valence-electron chi connectivity index (χ1n) is 10.00. The lowest BCUT2D eigenvalue weighted by Crippen LogP contribution is -2.49. The number of amides is 1. The van der Waals surface area contributed by atoms with Gasteiger partial charge in [-0.05, 0) is 50.3 Å². The van der Waals surface area contributed by atoms with Crippen molar-refractivity contribution in [1.82, 2.24) is 10.2 Å². The van der Waals surface area contributed by atoms with Crippen LogP contribution in [-0.4, -0.2) is 43.3 Å². The summed E-state index contributed by atoms with van der Waals surface area (Å²) in [5.74, 6) is 1.70. The lowest BCUT2D eigenvalue weighted by molar-refractivity contribution is 0.0117. The molecule has 1 saturated carbocycles. The Bertz CT molecular complexity index is 575. The summed E-state index contributed by atoms with van der Waals surface area (Å²) in [6.45, 7) is 4.14. The zero-order chi connectivity index (χ0) is 17.1. The maximum absolute atomic E-state index is 12.4. The number of halogens is 1. The van der Waals surface area contributed by atoms with Gasteiger partial charge in [0.1, 0.15) is 0 Å². The first kappa shape index (κ1) is 19.5. The van der Waals surface area contributed by atoms with E-state index in [1.807, 2.05) is 0 Å². The Hall–Kier alpha value is -1.26. The van der Waals surface area contributed by atoms with Crippen molar-refractivity contribution in [2.45, 2.75) is 50.5 Å². The molecule has 4 nitrogen and oxygen atoms in total. The lowest BCUT2D eigenvalue weighted by atomic mass is 9.79. The van der Waals surface area contributed by atoms with E-state index >= 15 is 0 Å². The van der Waals surface area contributed by atoms with Gasteiger partial charge in [-0.2, -0.15) is 0 Å². The van der Waals surface area contributed by atoms with Crippen molar-refractivity contribution in [3.8, 4) is 0 Å². The van der Waals surface area contributed by atoms with Crippen molar-refractivity contribution in [3.63, 3.8) is 0 Å². The van der Waals surface area contributed by atoms with Crippen LogP contribution in [0.4, 0.5) is 4.79 Å². The van der Waals surface area contributed by atoms with E-state index in [-0.39, 0.29) is 24.5 Å². The summed E-state index contributed by atoms with van der Waals surface area (Å²) in [4.78, 5) is 14.9. The molecule has 0 spiro atoms. The summed E-state index contributed by atoms with van der Waals surface area (Å²) < 4.78 is 5.64. The minimum atomic E-state index is -0.218. The summed E-state index contributed by atoms with van der Waals surface area (Å²) in [6.07, 6.45) is 6.95. The standard InChI is InChI=1S/C21H30N2O2.ClH/c24-21(25-15-18-14-23-12-10-16(18)11-13-23)22-20-9-5-4-8-19(20)17-6-2-1-3-7-17;/h1-3,6-7,16,18-20H,4-5,8-15H2,(H,22,24);1H/t18?,19-,20+;/m0./s1. The molecule has 3 saturated heterocycles. The number of hydrogen-bond donors (Lipinski definition) is 1. The second kappa shape index (κ2) is 9.09. The monoisotopic (exact) mass is 378 g/mol. The molecule has 1 amide bonds. The molecule has 3 aliphatic heterocycles. The smallest absolute Gasteiger partial charge is 0.407 e. The van der Waals surface area contributed by atoms with Crippen LogP contribution in [0.15, 0.2) is 30.3 Å². The molecule has 1 N–H and O–H groups in total. The van der Waals surface area contributed by atoms with Gasteiger partial charge in [0.05, 0.1) is 6.61 Å². The van der Waals surface area contributed by atoms with Crippen LogP contribution in [0.3, 0.4) is 0 Å². The zero-order valence-corrected chi connectivity index (χ0v) is 16.3. The number of alkyl carbamates (subject to hydrolysis) is 1. The Balaban J connectivity index is 0.00000196. The molecule has 4 fully saturated rings. The SMILES string of the molecule is Cl.O=C(N[C@@H]1CCCC[C@H]1c1ccccc1)OCC1CN2CCC1CC2. The highest BCUT2D eigenvalue weighted by molar-refractivity contribution is 5.85. The highest BCUT2D eigenvalue weighted by Gasteiger charge is 2.35. The predicted octanol–water partition coefficient (Wildman–Crippen LogP) is 4.20. The second-order valence-electron chi connectivity index (χ2n) is 8.05. The number of nitrogens with zero attached hydrogens (tertiary/aromatic N) is 1. The van der Waals surface area contributed by atoms with Gasteiger partial charge >= 0.3 is 6.09 Å². The van der Waals surface area contributed by atoms with Crippen molar-refractivity contribution in [1.29, 1.82) is 0 Å². The molecular weight excluding hydrogens is 348 g/mol. The number of carbonyl (C=O) groups excluding carboxylic acids is 1. The fourth-order valence-corrected chi connectivity index (χ4v) is 5.06. The summed E-state index contributed by atoms with van der Waals surface area (Å²) in [7, 11) is 0. The van der Waals surface area contributed by atoms with Crippen LogP contribution in [-0.2, 0) is 4.74 Å². The number of piperidine rings is 3. The number of carbonyl (C=O) groups is 1. The fourth-order valence-electron chi connectivity index (χ4n) is 5.06. The van der Waals surface area contributed by atoms with Crippen LogP contribution >= 0.6 is 12.4 Å². The maximum Gasteiger partial charge on any atom is 0.407 e. The van der Waals surface area contributed by atoms with E-state index in [4.69, 9.17) is 4.74 Å². The summed E-state index contributed by atoms with van der Waals surface area (Å²) in [5, 5.41) is 3.18. The van der Waals surface area contributed by atoms with E-state index in [0.29, 0.717) is 18.4 Å². The van der Waals surface area contributed by atoms with Crippen molar-refractivity contribution in [2.24, 2.45) is 11.8 Å². The van der Waals surface area contributed by atoms with Crippen molar-refractivity contribution < 1.29 is 9.53 Å². The van der Waals surface area contributed by atoms with E-state index in [1.54, 1.807) is 0 Å². The molecule has 1 unspecified atom stereocenters. The van der Waals surface area contributed by atoms with Crippen molar-refractivity contribution >= 4 is 18.5 Å². The average molecular weight is 379 g/mol. The first-order chi connectivity index (χ1) is 12.3.